The summed E-state index contributed by atoms with van der Waals surface area (Å²) in [6.07, 6.45) is 0. The van der Waals surface area contributed by atoms with Gasteiger partial charge >= 0.3 is 0 Å². The van der Waals surface area contributed by atoms with E-state index in [4.69, 9.17) is 9.26 Å². The zero-order valence-corrected chi connectivity index (χ0v) is 15.1. The lowest BCUT2D eigenvalue weighted by Crippen LogP contribution is -2.13. The number of rotatable bonds is 6. The van der Waals surface area contributed by atoms with E-state index in [0.29, 0.717) is 34.3 Å². The lowest BCUT2D eigenvalue weighted by Gasteiger charge is -2.10. The average Bonchev–Trinajstić information content (AvgIpc) is 3.22. The molecule has 0 saturated carbocycles. The maximum atomic E-state index is 12.5. The molecule has 3 rings (SSSR count). The molecule has 2 heterocycles. The van der Waals surface area contributed by atoms with Crippen LogP contribution >= 0.6 is 0 Å². The van der Waals surface area contributed by atoms with Crippen molar-refractivity contribution in [2.45, 2.75) is 40.3 Å². The number of benzene rings is 1. The maximum Gasteiger partial charge on any atom is 0.255 e. The van der Waals surface area contributed by atoms with Crippen LogP contribution in [0.25, 0.3) is 0 Å². The Bertz CT molecular complexity index is 895. The minimum Gasteiger partial charge on any atom is -0.486 e. The van der Waals surface area contributed by atoms with Crippen LogP contribution < -0.4 is 10.1 Å². The number of hydrogen-bond acceptors (Lipinski definition) is 7. The van der Waals surface area contributed by atoms with E-state index >= 15 is 0 Å². The highest BCUT2D eigenvalue weighted by atomic mass is 16.5. The molecule has 136 valence electrons. The zero-order chi connectivity index (χ0) is 18.7. The molecule has 1 aromatic carbocycles. The number of hydrogen-bond donors (Lipinski definition) is 1. The number of aromatic nitrogens is 5. The van der Waals surface area contributed by atoms with Gasteiger partial charge in [0.05, 0.1) is 6.04 Å². The van der Waals surface area contributed by atoms with Gasteiger partial charge in [0, 0.05) is 5.56 Å². The number of carbonyl (C=O) groups excluding carboxylic acids is 1. The smallest absolute Gasteiger partial charge is 0.255 e. The molecule has 9 heteroatoms. The molecule has 0 atom stereocenters. The summed E-state index contributed by atoms with van der Waals surface area (Å²) in [5.74, 6) is 1.46. The highest BCUT2D eigenvalue weighted by molar-refractivity contribution is 6.05. The molecule has 0 saturated heterocycles. The highest BCUT2D eigenvalue weighted by Crippen LogP contribution is 2.21. The molecular formula is C17H20N6O3. The molecule has 0 radical (unpaired) electrons. The topological polar surface area (TPSA) is 108 Å². The highest BCUT2D eigenvalue weighted by Gasteiger charge is 2.15. The van der Waals surface area contributed by atoms with Crippen LogP contribution in [0.15, 0.2) is 28.8 Å². The minimum absolute atomic E-state index is 0.135. The molecule has 26 heavy (non-hydrogen) atoms. The molecule has 1 amide bonds. The van der Waals surface area contributed by atoms with Crippen LogP contribution in [0.4, 0.5) is 5.69 Å². The molecule has 1 N–H and O–H groups in total. The minimum atomic E-state index is -0.267. The first kappa shape index (κ1) is 17.6. The first-order valence-corrected chi connectivity index (χ1v) is 8.19. The SMILES string of the molecule is Cc1noc(C)c1NC(=O)c1cccc(OCc2nnnn2C(C)C)c1. The quantitative estimate of drug-likeness (QED) is 0.723. The fraction of sp³-hybridized carbons (Fsp3) is 0.353. The number of carbonyl (C=O) groups is 1. The van der Waals surface area contributed by atoms with Gasteiger partial charge in [0.2, 0.25) is 0 Å². The Balaban J connectivity index is 1.70. The Morgan fingerprint density at radius 2 is 2.15 bits per heavy atom. The summed E-state index contributed by atoms with van der Waals surface area (Å²) in [4.78, 5) is 12.5. The fourth-order valence-corrected chi connectivity index (χ4v) is 2.43. The van der Waals surface area contributed by atoms with Crippen molar-refractivity contribution in [3.8, 4) is 5.75 Å². The third kappa shape index (κ3) is 3.71. The van der Waals surface area contributed by atoms with Crippen molar-refractivity contribution >= 4 is 11.6 Å². The van der Waals surface area contributed by atoms with Crippen LogP contribution in [0, 0.1) is 13.8 Å². The van der Waals surface area contributed by atoms with Gasteiger partial charge in [0.25, 0.3) is 5.91 Å². The van der Waals surface area contributed by atoms with Crippen LogP contribution in [0.5, 0.6) is 5.75 Å². The van der Waals surface area contributed by atoms with E-state index in [9.17, 15) is 4.79 Å². The van der Waals surface area contributed by atoms with Crippen LogP contribution in [0.1, 0.15) is 47.5 Å². The van der Waals surface area contributed by atoms with Gasteiger partial charge in [0.15, 0.2) is 11.6 Å². The Kier molecular flexibility index (Phi) is 4.97. The van der Waals surface area contributed by atoms with Crippen molar-refractivity contribution in [2.75, 3.05) is 5.32 Å². The lowest BCUT2D eigenvalue weighted by atomic mass is 10.2. The molecule has 0 aliphatic heterocycles. The standard InChI is InChI=1S/C17H20N6O3/c1-10(2)23-15(19-21-22-23)9-25-14-7-5-6-13(8-14)17(24)18-16-11(3)20-26-12(16)4/h5-8,10H,9H2,1-4H3,(H,18,24). The third-order valence-corrected chi connectivity index (χ3v) is 3.79. The average molecular weight is 356 g/mol. The van der Waals surface area contributed by atoms with Gasteiger partial charge in [0.1, 0.15) is 23.7 Å². The monoisotopic (exact) mass is 356 g/mol. The molecule has 0 aliphatic rings. The Hall–Kier alpha value is -3.23. The fourth-order valence-electron chi connectivity index (χ4n) is 2.43. The number of nitrogens with zero attached hydrogens (tertiary/aromatic N) is 5. The van der Waals surface area contributed by atoms with Gasteiger partial charge < -0.3 is 14.6 Å². The molecule has 0 fully saturated rings. The number of tetrazole rings is 1. The first-order chi connectivity index (χ1) is 12.5. The number of aryl methyl sites for hydroxylation is 2. The number of ether oxygens (including phenoxy) is 1. The van der Waals surface area contributed by atoms with Crippen molar-refractivity contribution in [3.63, 3.8) is 0 Å². The van der Waals surface area contributed by atoms with Crippen LogP contribution in [-0.4, -0.2) is 31.3 Å². The van der Waals surface area contributed by atoms with E-state index in [1.807, 2.05) is 13.8 Å². The number of amides is 1. The van der Waals surface area contributed by atoms with E-state index in [1.54, 1.807) is 42.8 Å². The Labute approximate surface area is 150 Å². The van der Waals surface area contributed by atoms with E-state index in [-0.39, 0.29) is 18.6 Å². The Morgan fingerprint density at radius 1 is 1.35 bits per heavy atom. The van der Waals surface area contributed by atoms with Gasteiger partial charge in [-0.2, -0.15) is 0 Å². The second-order valence-electron chi connectivity index (χ2n) is 6.10. The van der Waals surface area contributed by atoms with Gasteiger partial charge in [-0.1, -0.05) is 11.2 Å². The van der Waals surface area contributed by atoms with Crippen molar-refractivity contribution in [2.24, 2.45) is 0 Å². The number of anilines is 1. The van der Waals surface area contributed by atoms with Crippen molar-refractivity contribution in [1.29, 1.82) is 0 Å². The van der Waals surface area contributed by atoms with Gasteiger partial charge in [-0.3, -0.25) is 4.79 Å². The largest absolute Gasteiger partial charge is 0.486 e. The van der Waals surface area contributed by atoms with E-state index in [1.165, 1.54) is 0 Å². The summed E-state index contributed by atoms with van der Waals surface area (Å²) in [5, 5.41) is 18.2. The maximum absolute atomic E-state index is 12.5. The molecule has 0 unspecified atom stereocenters. The molecule has 9 nitrogen and oxygen atoms in total. The van der Waals surface area contributed by atoms with Gasteiger partial charge in [-0.05, 0) is 56.3 Å². The summed E-state index contributed by atoms with van der Waals surface area (Å²) >= 11 is 0. The van der Waals surface area contributed by atoms with E-state index < -0.39 is 0 Å². The number of nitrogens with one attached hydrogen (secondary N) is 1. The van der Waals surface area contributed by atoms with E-state index in [2.05, 4.69) is 26.0 Å². The normalized spacial score (nSPS) is 11.0. The predicted octanol–water partition coefficient (Wildman–Crippen LogP) is 2.69. The van der Waals surface area contributed by atoms with Crippen LogP contribution in [0.3, 0.4) is 0 Å². The predicted molar refractivity (Wildman–Crippen MR) is 92.9 cm³/mol. The summed E-state index contributed by atoms with van der Waals surface area (Å²) in [6, 6.07) is 7.03. The molecular weight excluding hydrogens is 336 g/mol. The third-order valence-electron chi connectivity index (χ3n) is 3.79. The van der Waals surface area contributed by atoms with E-state index in [0.717, 1.165) is 0 Å². The van der Waals surface area contributed by atoms with Crippen molar-refractivity contribution in [1.82, 2.24) is 25.4 Å². The van der Waals surface area contributed by atoms with Gasteiger partial charge in [-0.15, -0.1) is 5.10 Å². The van der Waals surface area contributed by atoms with Gasteiger partial charge in [-0.25, -0.2) is 4.68 Å². The second-order valence-corrected chi connectivity index (χ2v) is 6.10. The molecule has 0 spiro atoms. The second kappa shape index (κ2) is 7.34. The summed E-state index contributed by atoms with van der Waals surface area (Å²) in [7, 11) is 0. The van der Waals surface area contributed by atoms with Crippen molar-refractivity contribution < 1.29 is 14.1 Å². The Morgan fingerprint density at radius 3 is 2.85 bits per heavy atom. The zero-order valence-electron chi connectivity index (χ0n) is 15.1. The summed E-state index contributed by atoms with van der Waals surface area (Å²) in [5.41, 5.74) is 1.67. The summed E-state index contributed by atoms with van der Waals surface area (Å²) < 4.78 is 12.5. The molecule has 3 aromatic rings. The summed E-state index contributed by atoms with van der Waals surface area (Å²) in [6.45, 7) is 7.69. The lowest BCUT2D eigenvalue weighted by molar-refractivity contribution is 0.102. The molecule has 2 aromatic heterocycles. The van der Waals surface area contributed by atoms with Crippen LogP contribution in [-0.2, 0) is 6.61 Å². The van der Waals surface area contributed by atoms with Crippen molar-refractivity contribution in [3.05, 3.63) is 47.1 Å². The first-order valence-electron chi connectivity index (χ1n) is 8.19. The van der Waals surface area contributed by atoms with Crippen LogP contribution in [0.2, 0.25) is 0 Å². The molecule has 0 bridgehead atoms. The molecule has 0 aliphatic carbocycles.